The molecule has 0 unspecified atom stereocenters. The molecule has 1 aliphatic rings. The summed E-state index contributed by atoms with van der Waals surface area (Å²) in [6.45, 7) is 1.71. The van der Waals surface area contributed by atoms with Crippen LogP contribution in [0.15, 0.2) is 24.3 Å². The number of nitrogens with zero attached hydrogens (tertiary/aromatic N) is 3. The molecule has 0 radical (unpaired) electrons. The van der Waals surface area contributed by atoms with Gasteiger partial charge in [-0.3, -0.25) is 0 Å². The third kappa shape index (κ3) is 2.23. The van der Waals surface area contributed by atoms with E-state index >= 15 is 0 Å². The van der Waals surface area contributed by atoms with Gasteiger partial charge in [0.2, 0.25) is 0 Å². The highest BCUT2D eigenvalue weighted by Gasteiger charge is 2.21. The molecule has 1 saturated heterocycles. The number of benzene rings is 1. The number of hydrogen-bond donors (Lipinski definition) is 1. The Balaban J connectivity index is 2.14. The first-order valence-corrected chi connectivity index (χ1v) is 6.51. The van der Waals surface area contributed by atoms with Gasteiger partial charge in [-0.15, -0.1) is 0 Å². The van der Waals surface area contributed by atoms with Crippen molar-refractivity contribution in [2.75, 3.05) is 18.0 Å². The van der Waals surface area contributed by atoms with Crippen molar-refractivity contribution in [3.8, 4) is 0 Å². The Bertz CT molecular complexity index is 621. The number of rotatable bonds is 2. The first kappa shape index (κ1) is 11.9. The summed E-state index contributed by atoms with van der Waals surface area (Å²) in [5, 5.41) is 9.33. The van der Waals surface area contributed by atoms with Crippen molar-refractivity contribution >= 4 is 22.8 Å². The summed E-state index contributed by atoms with van der Waals surface area (Å²) >= 11 is 0. The molecule has 2 aromatic rings. The number of piperidine rings is 1. The van der Waals surface area contributed by atoms with Gasteiger partial charge in [0.1, 0.15) is 0 Å². The number of aromatic carboxylic acids is 1. The van der Waals surface area contributed by atoms with Gasteiger partial charge in [0, 0.05) is 13.1 Å². The van der Waals surface area contributed by atoms with Gasteiger partial charge in [-0.25, -0.2) is 14.8 Å². The number of fused-ring (bicyclic) bond motifs is 1. The van der Waals surface area contributed by atoms with Gasteiger partial charge in [0.15, 0.2) is 11.5 Å². The third-order valence-corrected chi connectivity index (χ3v) is 3.41. The molecule has 1 aromatic heterocycles. The van der Waals surface area contributed by atoms with Crippen LogP contribution in [0.5, 0.6) is 0 Å². The zero-order valence-electron chi connectivity index (χ0n) is 10.5. The maximum Gasteiger partial charge on any atom is 0.358 e. The molecule has 5 nitrogen and oxygen atoms in total. The summed E-state index contributed by atoms with van der Waals surface area (Å²) in [5.74, 6) is -0.510. The molecule has 0 aliphatic carbocycles. The zero-order valence-corrected chi connectivity index (χ0v) is 10.5. The fraction of sp³-hybridized carbons (Fsp3) is 0.357. The van der Waals surface area contributed by atoms with Crippen LogP contribution < -0.4 is 4.90 Å². The van der Waals surface area contributed by atoms with Crippen LogP contribution >= 0.6 is 0 Å². The molecule has 0 saturated carbocycles. The van der Waals surface area contributed by atoms with E-state index in [1.807, 2.05) is 23.1 Å². The van der Waals surface area contributed by atoms with Crippen LogP contribution in [0, 0.1) is 0 Å². The lowest BCUT2D eigenvalue weighted by atomic mass is 10.1. The van der Waals surface area contributed by atoms with E-state index in [1.165, 1.54) is 6.42 Å². The van der Waals surface area contributed by atoms with Crippen LogP contribution in [-0.2, 0) is 0 Å². The highest BCUT2D eigenvalue weighted by atomic mass is 16.4. The minimum absolute atomic E-state index is 0.0561. The van der Waals surface area contributed by atoms with Gasteiger partial charge < -0.3 is 10.0 Å². The average Bonchev–Trinajstić information content (AvgIpc) is 2.46. The van der Waals surface area contributed by atoms with Crippen LogP contribution in [0.4, 0.5) is 5.82 Å². The van der Waals surface area contributed by atoms with Crippen molar-refractivity contribution in [2.45, 2.75) is 19.3 Å². The largest absolute Gasteiger partial charge is 0.476 e. The Morgan fingerprint density at radius 2 is 1.68 bits per heavy atom. The summed E-state index contributed by atoms with van der Waals surface area (Å²) in [6, 6.07) is 7.37. The highest BCUT2D eigenvalue weighted by molar-refractivity contribution is 5.94. The fourth-order valence-corrected chi connectivity index (χ4v) is 2.46. The smallest absolute Gasteiger partial charge is 0.358 e. The second-order valence-electron chi connectivity index (χ2n) is 4.74. The highest BCUT2D eigenvalue weighted by Crippen LogP contribution is 2.23. The molecule has 1 N–H and O–H groups in total. The molecular formula is C14H15N3O2. The van der Waals surface area contributed by atoms with Crippen molar-refractivity contribution in [1.82, 2.24) is 9.97 Å². The topological polar surface area (TPSA) is 66.3 Å². The summed E-state index contributed by atoms with van der Waals surface area (Å²) < 4.78 is 0. The molecule has 2 heterocycles. The lowest BCUT2D eigenvalue weighted by Crippen LogP contribution is -2.32. The predicted octanol–water partition coefficient (Wildman–Crippen LogP) is 2.32. The number of carbonyl (C=O) groups is 1. The molecule has 0 atom stereocenters. The van der Waals surface area contributed by atoms with Crippen LogP contribution in [0.3, 0.4) is 0 Å². The van der Waals surface area contributed by atoms with Crippen LogP contribution in [0.1, 0.15) is 29.8 Å². The number of carboxylic acids is 1. The molecule has 0 bridgehead atoms. The second-order valence-corrected chi connectivity index (χ2v) is 4.74. The summed E-state index contributed by atoms with van der Waals surface area (Å²) in [7, 11) is 0. The third-order valence-electron chi connectivity index (χ3n) is 3.41. The SMILES string of the molecule is O=C(O)c1nc2ccccc2nc1N1CCCCC1. The van der Waals surface area contributed by atoms with Gasteiger partial charge in [0.05, 0.1) is 11.0 Å². The van der Waals surface area contributed by atoms with Crippen LogP contribution in [0.2, 0.25) is 0 Å². The van der Waals surface area contributed by atoms with Crippen LogP contribution in [-0.4, -0.2) is 34.1 Å². The van der Waals surface area contributed by atoms with Gasteiger partial charge in [-0.1, -0.05) is 12.1 Å². The van der Waals surface area contributed by atoms with Crippen molar-refractivity contribution in [3.63, 3.8) is 0 Å². The first-order valence-electron chi connectivity index (χ1n) is 6.51. The van der Waals surface area contributed by atoms with Crippen molar-refractivity contribution in [1.29, 1.82) is 0 Å². The molecule has 98 valence electrons. The van der Waals surface area contributed by atoms with E-state index in [0.717, 1.165) is 31.4 Å². The van der Waals surface area contributed by atoms with E-state index in [-0.39, 0.29) is 5.69 Å². The monoisotopic (exact) mass is 257 g/mol. The van der Waals surface area contributed by atoms with Gasteiger partial charge in [-0.05, 0) is 31.4 Å². The van der Waals surface area contributed by atoms with Crippen LogP contribution in [0.25, 0.3) is 11.0 Å². The summed E-state index contributed by atoms with van der Waals surface area (Å²) in [4.78, 5) is 22.2. The zero-order chi connectivity index (χ0) is 13.2. The molecule has 0 spiro atoms. The molecule has 1 aromatic carbocycles. The van der Waals surface area contributed by atoms with Crippen molar-refractivity contribution < 1.29 is 9.90 Å². The number of anilines is 1. The predicted molar refractivity (Wildman–Crippen MR) is 72.6 cm³/mol. The fourth-order valence-electron chi connectivity index (χ4n) is 2.46. The first-order chi connectivity index (χ1) is 9.25. The Labute approximate surface area is 110 Å². The standard InChI is InChI=1S/C14H15N3O2/c18-14(19)12-13(17-8-4-1-5-9-17)16-11-7-3-2-6-10(11)15-12/h2-3,6-7H,1,4-5,8-9H2,(H,18,19). The number of aromatic nitrogens is 2. The Morgan fingerprint density at radius 3 is 2.32 bits per heavy atom. The molecule has 1 fully saturated rings. The van der Waals surface area contributed by atoms with E-state index in [9.17, 15) is 9.90 Å². The normalized spacial score (nSPS) is 15.7. The minimum atomic E-state index is -1.01. The molecular weight excluding hydrogens is 242 g/mol. The molecule has 3 rings (SSSR count). The molecule has 1 aliphatic heterocycles. The number of hydrogen-bond acceptors (Lipinski definition) is 4. The lowest BCUT2D eigenvalue weighted by molar-refractivity contribution is 0.0691. The quantitative estimate of drug-likeness (QED) is 0.894. The maximum atomic E-state index is 11.4. The number of carboxylic acid groups (broad SMARTS) is 1. The van der Waals surface area contributed by atoms with E-state index in [0.29, 0.717) is 11.3 Å². The van der Waals surface area contributed by atoms with E-state index in [1.54, 1.807) is 6.07 Å². The maximum absolute atomic E-state index is 11.4. The lowest BCUT2D eigenvalue weighted by Gasteiger charge is -2.28. The minimum Gasteiger partial charge on any atom is -0.476 e. The van der Waals surface area contributed by atoms with E-state index in [2.05, 4.69) is 9.97 Å². The number of para-hydroxylation sites is 2. The van der Waals surface area contributed by atoms with Gasteiger partial charge >= 0.3 is 5.97 Å². The van der Waals surface area contributed by atoms with Crippen molar-refractivity contribution in [3.05, 3.63) is 30.0 Å². The molecule has 19 heavy (non-hydrogen) atoms. The molecule has 0 amide bonds. The van der Waals surface area contributed by atoms with Crippen molar-refractivity contribution in [2.24, 2.45) is 0 Å². The Kier molecular flexibility index (Phi) is 3.03. The Morgan fingerprint density at radius 1 is 1.05 bits per heavy atom. The summed E-state index contributed by atoms with van der Waals surface area (Å²) in [5.41, 5.74) is 1.43. The Hall–Kier alpha value is -2.17. The molecule has 5 heteroatoms. The van der Waals surface area contributed by atoms with E-state index in [4.69, 9.17) is 0 Å². The summed E-state index contributed by atoms with van der Waals surface area (Å²) in [6.07, 6.45) is 3.35. The van der Waals surface area contributed by atoms with Gasteiger partial charge in [0.25, 0.3) is 0 Å². The average molecular weight is 257 g/mol. The van der Waals surface area contributed by atoms with E-state index < -0.39 is 5.97 Å². The second kappa shape index (κ2) is 4.84. The van der Waals surface area contributed by atoms with Gasteiger partial charge in [-0.2, -0.15) is 0 Å².